The molecule has 1 aliphatic heterocycles. The first-order valence-electron chi connectivity index (χ1n) is 5.83. The molecule has 1 fully saturated rings. The Hall–Kier alpha value is -2.08. The van der Waals surface area contributed by atoms with Crippen molar-refractivity contribution in [3.05, 3.63) is 48.3 Å². The number of amides is 2. The number of benzene rings is 1. The van der Waals surface area contributed by atoms with Crippen molar-refractivity contribution in [3.63, 3.8) is 0 Å². The number of imide groups is 1. The highest BCUT2D eigenvalue weighted by Crippen LogP contribution is 2.23. The minimum atomic E-state index is -0.317. The van der Waals surface area contributed by atoms with Crippen LogP contribution in [0.4, 0.5) is 4.79 Å². The minimum Gasteiger partial charge on any atom is -0.286 e. The molecule has 5 nitrogen and oxygen atoms in total. The zero-order chi connectivity index (χ0) is 13.2. The van der Waals surface area contributed by atoms with Gasteiger partial charge in [-0.1, -0.05) is 23.9 Å². The highest BCUT2D eigenvalue weighted by atomic mass is 32.2. The SMILES string of the molecule is O=C1NC(=O)[C@@H](Cc2ccc(-n3cccn3)cc2)S1. The van der Waals surface area contributed by atoms with E-state index in [2.05, 4.69) is 10.4 Å². The molecule has 3 rings (SSSR count). The van der Waals surface area contributed by atoms with E-state index in [0.717, 1.165) is 23.0 Å². The van der Waals surface area contributed by atoms with Crippen molar-refractivity contribution in [1.29, 1.82) is 0 Å². The number of thioether (sulfide) groups is 1. The van der Waals surface area contributed by atoms with E-state index in [0.29, 0.717) is 6.42 Å². The molecule has 1 aromatic heterocycles. The summed E-state index contributed by atoms with van der Waals surface area (Å²) in [7, 11) is 0. The standard InChI is InChI=1S/C13H11N3O2S/c17-12-11(19-13(18)15-12)8-9-2-4-10(5-3-9)16-7-1-6-14-16/h1-7,11H,8H2,(H,15,17,18)/t11-/m1/s1. The molecule has 0 saturated carbocycles. The van der Waals surface area contributed by atoms with Gasteiger partial charge < -0.3 is 0 Å². The lowest BCUT2D eigenvalue weighted by Gasteiger charge is -2.06. The zero-order valence-corrected chi connectivity index (χ0v) is 10.8. The molecule has 0 bridgehead atoms. The largest absolute Gasteiger partial charge is 0.286 e. The Kier molecular flexibility index (Phi) is 3.08. The Balaban J connectivity index is 1.73. The van der Waals surface area contributed by atoms with Crippen molar-refractivity contribution in [2.45, 2.75) is 11.7 Å². The number of aromatic nitrogens is 2. The lowest BCUT2D eigenvalue weighted by molar-refractivity contribution is -0.118. The van der Waals surface area contributed by atoms with Crippen LogP contribution < -0.4 is 5.32 Å². The molecule has 2 heterocycles. The molecule has 2 amide bonds. The van der Waals surface area contributed by atoms with Crippen molar-refractivity contribution in [2.75, 3.05) is 0 Å². The Bertz CT molecular complexity index is 607. The normalized spacial score (nSPS) is 18.6. The van der Waals surface area contributed by atoms with E-state index in [9.17, 15) is 9.59 Å². The molecular weight excluding hydrogens is 262 g/mol. The lowest BCUT2D eigenvalue weighted by Crippen LogP contribution is -2.25. The fourth-order valence-corrected chi connectivity index (χ4v) is 2.81. The van der Waals surface area contributed by atoms with Gasteiger partial charge in [-0.15, -0.1) is 0 Å². The van der Waals surface area contributed by atoms with E-state index in [1.807, 2.05) is 36.5 Å². The molecule has 1 N–H and O–H groups in total. The quantitative estimate of drug-likeness (QED) is 0.925. The molecule has 96 valence electrons. The minimum absolute atomic E-state index is 0.203. The van der Waals surface area contributed by atoms with Crippen LogP contribution in [0.2, 0.25) is 0 Å². The van der Waals surface area contributed by atoms with Crippen LogP contribution in [0.1, 0.15) is 5.56 Å². The van der Waals surface area contributed by atoms with Gasteiger partial charge in [0.15, 0.2) is 0 Å². The maximum atomic E-state index is 11.5. The number of carbonyl (C=O) groups excluding carboxylic acids is 2. The summed E-state index contributed by atoms with van der Waals surface area (Å²) in [4.78, 5) is 22.6. The number of nitrogens with zero attached hydrogens (tertiary/aromatic N) is 2. The maximum absolute atomic E-state index is 11.5. The highest BCUT2D eigenvalue weighted by Gasteiger charge is 2.31. The molecule has 0 aliphatic carbocycles. The van der Waals surface area contributed by atoms with E-state index < -0.39 is 0 Å². The average Bonchev–Trinajstić information content (AvgIpc) is 3.01. The van der Waals surface area contributed by atoms with Gasteiger partial charge in [-0.2, -0.15) is 5.10 Å². The molecule has 6 heteroatoms. The molecule has 0 unspecified atom stereocenters. The number of carbonyl (C=O) groups is 2. The Labute approximate surface area is 114 Å². The van der Waals surface area contributed by atoms with Crippen LogP contribution in [0.5, 0.6) is 0 Å². The summed E-state index contributed by atoms with van der Waals surface area (Å²) in [6.07, 6.45) is 4.15. The van der Waals surface area contributed by atoms with E-state index in [1.54, 1.807) is 10.9 Å². The molecule has 1 aromatic carbocycles. The molecule has 0 radical (unpaired) electrons. The molecule has 1 atom stereocenters. The van der Waals surface area contributed by atoms with Gasteiger partial charge in [-0.25, -0.2) is 4.68 Å². The van der Waals surface area contributed by atoms with Crippen molar-refractivity contribution in [1.82, 2.24) is 15.1 Å². The summed E-state index contributed by atoms with van der Waals surface area (Å²) in [6.45, 7) is 0. The zero-order valence-electron chi connectivity index (χ0n) is 9.95. The van der Waals surface area contributed by atoms with Gasteiger partial charge in [0.25, 0.3) is 5.24 Å². The average molecular weight is 273 g/mol. The first-order valence-corrected chi connectivity index (χ1v) is 6.71. The summed E-state index contributed by atoms with van der Waals surface area (Å²) in [5.41, 5.74) is 1.99. The van der Waals surface area contributed by atoms with Crippen molar-refractivity contribution < 1.29 is 9.59 Å². The van der Waals surface area contributed by atoms with Crippen LogP contribution in [-0.4, -0.2) is 26.2 Å². The number of hydrogen-bond donors (Lipinski definition) is 1. The number of hydrogen-bond acceptors (Lipinski definition) is 4. The van der Waals surface area contributed by atoms with Crippen LogP contribution in [-0.2, 0) is 11.2 Å². The third-order valence-electron chi connectivity index (χ3n) is 2.89. The Morgan fingerprint density at radius 1 is 1.26 bits per heavy atom. The first-order chi connectivity index (χ1) is 9.22. The number of rotatable bonds is 3. The number of nitrogens with one attached hydrogen (secondary N) is 1. The Morgan fingerprint density at radius 3 is 2.63 bits per heavy atom. The third-order valence-corrected chi connectivity index (χ3v) is 3.87. The van der Waals surface area contributed by atoms with Gasteiger partial charge in [-0.05, 0) is 30.2 Å². The topological polar surface area (TPSA) is 64.0 Å². The van der Waals surface area contributed by atoms with Crippen molar-refractivity contribution >= 4 is 22.9 Å². The van der Waals surface area contributed by atoms with Crippen LogP contribution in [0.25, 0.3) is 5.69 Å². The molecular formula is C13H11N3O2S. The van der Waals surface area contributed by atoms with Gasteiger partial charge >= 0.3 is 0 Å². The van der Waals surface area contributed by atoms with Crippen molar-refractivity contribution in [3.8, 4) is 5.69 Å². The fraction of sp³-hybridized carbons (Fsp3) is 0.154. The predicted octanol–water partition coefficient (Wildman–Crippen LogP) is 1.77. The molecule has 19 heavy (non-hydrogen) atoms. The second kappa shape index (κ2) is 4.89. The highest BCUT2D eigenvalue weighted by molar-refractivity contribution is 8.15. The molecule has 0 spiro atoms. The van der Waals surface area contributed by atoms with E-state index >= 15 is 0 Å². The van der Waals surface area contributed by atoms with Gasteiger partial charge in [0.2, 0.25) is 5.91 Å². The van der Waals surface area contributed by atoms with E-state index in [-0.39, 0.29) is 16.4 Å². The second-order valence-corrected chi connectivity index (χ2v) is 5.38. The van der Waals surface area contributed by atoms with Gasteiger partial charge in [0.1, 0.15) is 0 Å². The van der Waals surface area contributed by atoms with E-state index in [1.165, 1.54) is 0 Å². The summed E-state index contributed by atoms with van der Waals surface area (Å²) >= 11 is 1.05. The smallest absolute Gasteiger partial charge is 0.286 e. The molecule has 1 aliphatic rings. The first kappa shape index (κ1) is 12.0. The van der Waals surface area contributed by atoms with Gasteiger partial charge in [0.05, 0.1) is 10.9 Å². The third kappa shape index (κ3) is 2.53. The van der Waals surface area contributed by atoms with Crippen LogP contribution in [0.15, 0.2) is 42.7 Å². The molecule has 1 saturated heterocycles. The van der Waals surface area contributed by atoms with Crippen LogP contribution in [0, 0.1) is 0 Å². The summed E-state index contributed by atoms with van der Waals surface area (Å²) in [6, 6.07) is 9.66. The summed E-state index contributed by atoms with van der Waals surface area (Å²) in [5.74, 6) is -0.203. The monoisotopic (exact) mass is 273 g/mol. The Morgan fingerprint density at radius 2 is 2.05 bits per heavy atom. The van der Waals surface area contributed by atoms with E-state index in [4.69, 9.17) is 0 Å². The summed E-state index contributed by atoms with van der Waals surface area (Å²) in [5, 5.41) is 5.86. The second-order valence-electron chi connectivity index (χ2n) is 4.20. The molecule has 2 aromatic rings. The van der Waals surface area contributed by atoms with Crippen molar-refractivity contribution in [2.24, 2.45) is 0 Å². The predicted molar refractivity (Wildman–Crippen MR) is 72.2 cm³/mol. The lowest BCUT2D eigenvalue weighted by atomic mass is 10.1. The van der Waals surface area contributed by atoms with Crippen LogP contribution >= 0.6 is 11.8 Å². The van der Waals surface area contributed by atoms with Gasteiger partial charge in [-0.3, -0.25) is 14.9 Å². The fourth-order valence-electron chi connectivity index (χ4n) is 1.95. The summed E-state index contributed by atoms with van der Waals surface area (Å²) < 4.78 is 1.77. The van der Waals surface area contributed by atoms with Gasteiger partial charge in [0, 0.05) is 12.4 Å². The van der Waals surface area contributed by atoms with Crippen LogP contribution in [0.3, 0.4) is 0 Å². The maximum Gasteiger partial charge on any atom is 0.286 e.